The summed E-state index contributed by atoms with van der Waals surface area (Å²) in [5, 5.41) is 15.5. The van der Waals surface area contributed by atoms with Gasteiger partial charge in [0, 0.05) is 6.42 Å². The molecule has 0 aromatic rings. The van der Waals surface area contributed by atoms with Gasteiger partial charge in [0.15, 0.2) is 0 Å². The normalized spacial score (nSPS) is 28.5. The number of amides is 1. The Morgan fingerprint density at radius 3 is 2.80 bits per heavy atom. The van der Waals surface area contributed by atoms with Gasteiger partial charge in [0.1, 0.15) is 0 Å². The van der Waals surface area contributed by atoms with Gasteiger partial charge in [0.2, 0.25) is 5.91 Å². The summed E-state index contributed by atoms with van der Waals surface area (Å²) in [5.41, 5.74) is -0.275. The molecule has 2 rings (SSSR count). The van der Waals surface area contributed by atoms with Gasteiger partial charge in [0.05, 0.1) is 12.1 Å². The quantitative estimate of drug-likeness (QED) is 0.615. The predicted octanol–water partition coefficient (Wildman–Crippen LogP) is 0.0172. The van der Waals surface area contributed by atoms with E-state index in [2.05, 4.69) is 10.6 Å². The minimum atomic E-state index is -0.275. The van der Waals surface area contributed by atoms with Crippen molar-refractivity contribution >= 4 is 5.91 Å². The lowest BCUT2D eigenvalue weighted by Gasteiger charge is -2.41. The summed E-state index contributed by atoms with van der Waals surface area (Å²) in [5.74, 6) is 0.596. The molecule has 1 heterocycles. The second kappa shape index (κ2) is 4.49. The molecule has 0 radical (unpaired) electrons. The van der Waals surface area contributed by atoms with E-state index in [-0.39, 0.29) is 18.1 Å². The molecule has 0 bridgehead atoms. The van der Waals surface area contributed by atoms with Crippen molar-refractivity contribution in [1.82, 2.24) is 10.6 Å². The van der Waals surface area contributed by atoms with Crippen molar-refractivity contribution in [3.05, 3.63) is 0 Å². The molecule has 1 saturated heterocycles. The second-order valence-corrected chi connectivity index (χ2v) is 4.90. The summed E-state index contributed by atoms with van der Waals surface area (Å²) in [6.07, 6.45) is 4.68. The molecule has 1 unspecified atom stereocenters. The number of nitrogens with one attached hydrogen (secondary N) is 2. The number of hydrogen-bond donors (Lipinski definition) is 3. The number of rotatable bonds is 4. The summed E-state index contributed by atoms with van der Waals surface area (Å²) in [6.45, 7) is 2.07. The molecular weight excluding hydrogens is 192 g/mol. The average molecular weight is 212 g/mol. The fourth-order valence-corrected chi connectivity index (χ4v) is 2.42. The lowest BCUT2D eigenvalue weighted by Crippen LogP contribution is -2.56. The Hall–Kier alpha value is -0.610. The minimum absolute atomic E-state index is 0.0850. The van der Waals surface area contributed by atoms with Crippen molar-refractivity contribution in [2.45, 2.75) is 37.6 Å². The highest BCUT2D eigenvalue weighted by atomic mass is 16.3. The first-order chi connectivity index (χ1) is 7.24. The van der Waals surface area contributed by atoms with Crippen LogP contribution in [0.3, 0.4) is 0 Å². The van der Waals surface area contributed by atoms with Crippen molar-refractivity contribution < 1.29 is 9.90 Å². The summed E-state index contributed by atoms with van der Waals surface area (Å²) in [7, 11) is 0. The number of carbonyl (C=O) groups excluding carboxylic acids is 1. The molecule has 0 spiro atoms. The van der Waals surface area contributed by atoms with Crippen molar-refractivity contribution in [3.63, 3.8) is 0 Å². The van der Waals surface area contributed by atoms with Gasteiger partial charge in [-0.05, 0) is 44.7 Å². The molecule has 2 fully saturated rings. The first kappa shape index (κ1) is 10.9. The highest BCUT2D eigenvalue weighted by Crippen LogP contribution is 2.31. The second-order valence-electron chi connectivity index (χ2n) is 4.90. The molecule has 1 saturated carbocycles. The fourth-order valence-electron chi connectivity index (χ4n) is 2.42. The maximum absolute atomic E-state index is 11.7. The number of aliphatic hydroxyl groups is 1. The maximum Gasteiger partial charge on any atom is 0.220 e. The molecule has 3 N–H and O–H groups in total. The van der Waals surface area contributed by atoms with E-state index in [4.69, 9.17) is 0 Å². The van der Waals surface area contributed by atoms with Crippen LogP contribution in [0.5, 0.6) is 0 Å². The Labute approximate surface area is 90.4 Å². The molecule has 1 amide bonds. The van der Waals surface area contributed by atoms with E-state index in [1.807, 2.05) is 0 Å². The highest BCUT2D eigenvalue weighted by Gasteiger charge is 2.37. The zero-order chi connectivity index (χ0) is 10.7. The van der Waals surface area contributed by atoms with Gasteiger partial charge in [0.25, 0.3) is 0 Å². The molecule has 0 aromatic carbocycles. The third-order valence-corrected chi connectivity index (χ3v) is 3.65. The van der Waals surface area contributed by atoms with Gasteiger partial charge in [-0.3, -0.25) is 4.79 Å². The van der Waals surface area contributed by atoms with Crippen molar-refractivity contribution in [1.29, 1.82) is 0 Å². The van der Waals surface area contributed by atoms with E-state index in [1.165, 1.54) is 0 Å². The minimum Gasteiger partial charge on any atom is -0.394 e. The lowest BCUT2D eigenvalue weighted by atomic mass is 9.77. The van der Waals surface area contributed by atoms with E-state index >= 15 is 0 Å². The summed E-state index contributed by atoms with van der Waals surface area (Å²) in [4.78, 5) is 11.7. The molecular formula is C11H20N2O2. The Morgan fingerprint density at radius 1 is 1.53 bits per heavy atom. The van der Waals surface area contributed by atoms with Gasteiger partial charge in [-0.1, -0.05) is 0 Å². The van der Waals surface area contributed by atoms with Crippen LogP contribution in [0.1, 0.15) is 32.1 Å². The van der Waals surface area contributed by atoms with Crippen LogP contribution in [0.15, 0.2) is 0 Å². The van der Waals surface area contributed by atoms with E-state index in [9.17, 15) is 9.90 Å². The average Bonchev–Trinajstić information content (AvgIpc) is 2.64. The van der Waals surface area contributed by atoms with Crippen molar-refractivity contribution in [2.75, 3.05) is 19.7 Å². The monoisotopic (exact) mass is 212 g/mol. The third-order valence-electron chi connectivity index (χ3n) is 3.65. The predicted molar refractivity (Wildman–Crippen MR) is 57.4 cm³/mol. The number of aliphatic hydroxyl groups excluding tert-OH is 1. The van der Waals surface area contributed by atoms with E-state index in [1.54, 1.807) is 0 Å². The van der Waals surface area contributed by atoms with E-state index in [0.717, 1.165) is 38.8 Å². The van der Waals surface area contributed by atoms with Gasteiger partial charge in [-0.15, -0.1) is 0 Å². The molecule has 1 atom stereocenters. The van der Waals surface area contributed by atoms with Crippen LogP contribution in [0.2, 0.25) is 0 Å². The van der Waals surface area contributed by atoms with Crippen LogP contribution >= 0.6 is 0 Å². The molecule has 15 heavy (non-hydrogen) atoms. The first-order valence-corrected chi connectivity index (χ1v) is 5.87. The van der Waals surface area contributed by atoms with Gasteiger partial charge >= 0.3 is 0 Å². The van der Waals surface area contributed by atoms with E-state index in [0.29, 0.717) is 12.3 Å². The number of carbonyl (C=O) groups is 1. The highest BCUT2D eigenvalue weighted by molar-refractivity contribution is 5.77. The van der Waals surface area contributed by atoms with Crippen LogP contribution in [0.25, 0.3) is 0 Å². The Bertz CT molecular complexity index is 227. The van der Waals surface area contributed by atoms with Gasteiger partial charge in [-0.2, -0.15) is 0 Å². The Balaban J connectivity index is 1.76. The SMILES string of the molecule is O=C(CC1CCNC1)NC1(CO)CCC1. The van der Waals surface area contributed by atoms with Crippen LogP contribution in [0, 0.1) is 5.92 Å². The number of hydrogen-bond acceptors (Lipinski definition) is 3. The Morgan fingerprint density at radius 2 is 2.33 bits per heavy atom. The zero-order valence-corrected chi connectivity index (χ0v) is 9.09. The molecule has 4 nitrogen and oxygen atoms in total. The summed E-state index contributed by atoms with van der Waals surface area (Å²) < 4.78 is 0. The van der Waals surface area contributed by atoms with Gasteiger partial charge < -0.3 is 15.7 Å². The van der Waals surface area contributed by atoms with Gasteiger partial charge in [-0.25, -0.2) is 0 Å². The lowest BCUT2D eigenvalue weighted by molar-refractivity contribution is -0.125. The molecule has 2 aliphatic rings. The van der Waals surface area contributed by atoms with Crippen LogP contribution in [0.4, 0.5) is 0 Å². The molecule has 1 aliphatic carbocycles. The maximum atomic E-state index is 11.7. The van der Waals surface area contributed by atoms with E-state index < -0.39 is 0 Å². The van der Waals surface area contributed by atoms with Crippen molar-refractivity contribution in [3.8, 4) is 0 Å². The topological polar surface area (TPSA) is 61.4 Å². The summed E-state index contributed by atoms with van der Waals surface area (Å²) in [6, 6.07) is 0. The summed E-state index contributed by atoms with van der Waals surface area (Å²) >= 11 is 0. The first-order valence-electron chi connectivity index (χ1n) is 5.87. The van der Waals surface area contributed by atoms with Crippen LogP contribution in [-0.4, -0.2) is 36.2 Å². The van der Waals surface area contributed by atoms with Crippen molar-refractivity contribution in [2.24, 2.45) is 5.92 Å². The standard InChI is InChI=1S/C11H20N2O2/c14-8-11(3-1-4-11)13-10(15)6-9-2-5-12-7-9/h9,12,14H,1-8H2,(H,13,15). The Kier molecular flexibility index (Phi) is 3.26. The largest absolute Gasteiger partial charge is 0.394 e. The zero-order valence-electron chi connectivity index (χ0n) is 9.09. The molecule has 4 heteroatoms. The smallest absolute Gasteiger partial charge is 0.220 e. The van der Waals surface area contributed by atoms with Crippen LogP contribution in [-0.2, 0) is 4.79 Å². The van der Waals surface area contributed by atoms with Crippen LogP contribution < -0.4 is 10.6 Å². The molecule has 1 aliphatic heterocycles. The fraction of sp³-hybridized carbons (Fsp3) is 0.909. The molecule has 86 valence electrons. The third kappa shape index (κ3) is 2.49. The molecule has 0 aromatic heterocycles.